The maximum Gasteiger partial charge on any atom is 0.113 e. The Labute approximate surface area is 66.3 Å². The molecule has 0 spiro atoms. The molecule has 55 valence electrons. The van der Waals surface area contributed by atoms with Crippen molar-refractivity contribution in [2.75, 3.05) is 0 Å². The van der Waals surface area contributed by atoms with Crippen molar-refractivity contribution in [3.63, 3.8) is 0 Å². The number of benzene rings is 1. The molecule has 1 aliphatic heterocycles. The molecule has 0 fully saturated rings. The molecule has 0 bridgehead atoms. The van der Waals surface area contributed by atoms with Crippen molar-refractivity contribution in [2.45, 2.75) is 6.61 Å². The molecule has 0 aliphatic carbocycles. The lowest BCUT2D eigenvalue weighted by molar-refractivity contribution is 0.233. The van der Waals surface area contributed by atoms with Gasteiger partial charge in [-0.2, -0.15) is 0 Å². The Hall–Kier alpha value is -1.24. The van der Waals surface area contributed by atoms with Crippen LogP contribution in [-0.2, 0) is 11.3 Å². The van der Waals surface area contributed by atoms with E-state index in [1.165, 1.54) is 11.1 Å². The number of fused-ring (bicyclic) bond motifs is 1. The van der Waals surface area contributed by atoms with Crippen LogP contribution in [0.15, 0.2) is 30.5 Å². The number of ether oxygens (including phenoxy) is 1. The highest BCUT2D eigenvalue weighted by Crippen LogP contribution is 2.23. The van der Waals surface area contributed by atoms with E-state index in [4.69, 9.17) is 4.74 Å². The minimum atomic E-state index is 0.676. The second-order valence-corrected chi connectivity index (χ2v) is 2.61. The van der Waals surface area contributed by atoms with Crippen molar-refractivity contribution >= 4 is 5.57 Å². The minimum Gasteiger partial charge on any atom is -0.496 e. The molecule has 0 amide bonds. The van der Waals surface area contributed by atoms with Gasteiger partial charge in [0.05, 0.1) is 6.26 Å². The van der Waals surface area contributed by atoms with E-state index in [1.807, 2.05) is 12.1 Å². The van der Waals surface area contributed by atoms with Crippen LogP contribution in [0.5, 0.6) is 0 Å². The van der Waals surface area contributed by atoms with E-state index in [1.54, 1.807) is 6.26 Å². The van der Waals surface area contributed by atoms with Crippen molar-refractivity contribution in [1.82, 2.24) is 0 Å². The first-order valence-corrected chi connectivity index (χ1v) is 3.60. The zero-order valence-electron chi connectivity index (χ0n) is 6.21. The summed E-state index contributed by atoms with van der Waals surface area (Å²) >= 11 is 0. The van der Waals surface area contributed by atoms with Gasteiger partial charge in [-0.25, -0.2) is 0 Å². The summed E-state index contributed by atoms with van der Waals surface area (Å²) in [6, 6.07) is 8.16. The highest BCUT2D eigenvalue weighted by atomic mass is 16.5. The lowest BCUT2D eigenvalue weighted by Gasteiger charge is -2.14. The van der Waals surface area contributed by atoms with Crippen LogP contribution in [0, 0.1) is 6.92 Å². The molecule has 11 heavy (non-hydrogen) atoms. The predicted octanol–water partition coefficient (Wildman–Crippen LogP) is 2.39. The quantitative estimate of drug-likeness (QED) is 0.544. The Morgan fingerprint density at radius 1 is 1.27 bits per heavy atom. The SMILES string of the molecule is [CH2]C1=COCc2ccccc21. The van der Waals surface area contributed by atoms with E-state index >= 15 is 0 Å². The third kappa shape index (κ3) is 1.03. The summed E-state index contributed by atoms with van der Waals surface area (Å²) in [7, 11) is 0. The summed E-state index contributed by atoms with van der Waals surface area (Å²) in [5.74, 6) is 0. The van der Waals surface area contributed by atoms with Crippen LogP contribution in [-0.4, -0.2) is 0 Å². The van der Waals surface area contributed by atoms with Crippen LogP contribution in [0.25, 0.3) is 5.57 Å². The normalized spacial score (nSPS) is 14.8. The third-order valence-corrected chi connectivity index (χ3v) is 1.83. The van der Waals surface area contributed by atoms with Crippen LogP contribution < -0.4 is 0 Å². The molecular weight excluding hydrogens is 136 g/mol. The average molecular weight is 145 g/mol. The van der Waals surface area contributed by atoms with Gasteiger partial charge in [0.25, 0.3) is 0 Å². The largest absolute Gasteiger partial charge is 0.496 e. The number of hydrogen-bond donors (Lipinski definition) is 0. The van der Waals surface area contributed by atoms with Gasteiger partial charge in [-0.3, -0.25) is 0 Å². The van der Waals surface area contributed by atoms with E-state index in [0.717, 1.165) is 5.57 Å². The maximum atomic E-state index is 5.18. The Morgan fingerprint density at radius 3 is 2.91 bits per heavy atom. The molecular formula is C10H9O. The molecule has 1 aliphatic rings. The summed E-state index contributed by atoms with van der Waals surface area (Å²) in [4.78, 5) is 0. The summed E-state index contributed by atoms with van der Waals surface area (Å²) in [5, 5.41) is 0. The van der Waals surface area contributed by atoms with Crippen LogP contribution in [0.1, 0.15) is 11.1 Å². The second kappa shape index (κ2) is 2.42. The van der Waals surface area contributed by atoms with E-state index in [-0.39, 0.29) is 0 Å². The van der Waals surface area contributed by atoms with Crippen molar-refractivity contribution < 1.29 is 4.74 Å². The Balaban J connectivity index is 2.56. The standard InChI is InChI=1S/C10H9O/c1-8-6-11-7-9-4-2-3-5-10(8)9/h2-6H,1,7H2. The smallest absolute Gasteiger partial charge is 0.113 e. The van der Waals surface area contributed by atoms with Gasteiger partial charge in [0.15, 0.2) is 0 Å². The van der Waals surface area contributed by atoms with Crippen LogP contribution in [0.4, 0.5) is 0 Å². The number of hydrogen-bond acceptors (Lipinski definition) is 1. The Bertz CT molecular complexity index is 299. The lowest BCUT2D eigenvalue weighted by atomic mass is 10.0. The van der Waals surface area contributed by atoms with Crippen LogP contribution in [0.3, 0.4) is 0 Å². The Kier molecular flexibility index (Phi) is 1.42. The van der Waals surface area contributed by atoms with E-state index in [2.05, 4.69) is 19.1 Å². The number of allylic oxidation sites excluding steroid dienone is 1. The molecule has 0 saturated heterocycles. The van der Waals surface area contributed by atoms with Gasteiger partial charge in [-0.15, -0.1) is 0 Å². The first-order chi connectivity index (χ1) is 5.38. The van der Waals surface area contributed by atoms with Gasteiger partial charge in [0, 0.05) is 0 Å². The predicted molar refractivity (Wildman–Crippen MR) is 44.6 cm³/mol. The third-order valence-electron chi connectivity index (χ3n) is 1.83. The van der Waals surface area contributed by atoms with E-state index in [9.17, 15) is 0 Å². The van der Waals surface area contributed by atoms with Crippen molar-refractivity contribution in [2.24, 2.45) is 0 Å². The summed E-state index contributed by atoms with van der Waals surface area (Å²) in [5.41, 5.74) is 3.39. The molecule has 0 aromatic heterocycles. The van der Waals surface area contributed by atoms with Gasteiger partial charge in [-0.1, -0.05) is 24.3 Å². The summed E-state index contributed by atoms with van der Waals surface area (Å²) in [6.07, 6.45) is 1.71. The van der Waals surface area contributed by atoms with Gasteiger partial charge in [-0.05, 0) is 23.6 Å². The molecule has 1 heteroatoms. The lowest BCUT2D eigenvalue weighted by Crippen LogP contribution is -1.98. The highest BCUT2D eigenvalue weighted by molar-refractivity contribution is 5.70. The highest BCUT2D eigenvalue weighted by Gasteiger charge is 2.07. The molecule has 0 atom stereocenters. The van der Waals surface area contributed by atoms with Gasteiger partial charge < -0.3 is 4.74 Å². The molecule has 1 nitrogen and oxygen atoms in total. The van der Waals surface area contributed by atoms with Crippen molar-refractivity contribution in [3.8, 4) is 0 Å². The van der Waals surface area contributed by atoms with Crippen LogP contribution in [0.2, 0.25) is 0 Å². The zero-order chi connectivity index (χ0) is 7.68. The molecule has 0 N–H and O–H groups in total. The second-order valence-electron chi connectivity index (χ2n) is 2.61. The molecule has 0 unspecified atom stereocenters. The zero-order valence-corrected chi connectivity index (χ0v) is 6.21. The van der Waals surface area contributed by atoms with Crippen molar-refractivity contribution in [1.29, 1.82) is 0 Å². The fraction of sp³-hybridized carbons (Fsp3) is 0.100. The molecule has 1 aromatic carbocycles. The van der Waals surface area contributed by atoms with Crippen LogP contribution >= 0.6 is 0 Å². The molecule has 1 radical (unpaired) electrons. The van der Waals surface area contributed by atoms with Gasteiger partial charge in [0.2, 0.25) is 0 Å². The minimum absolute atomic E-state index is 0.676. The summed E-state index contributed by atoms with van der Waals surface area (Å²) < 4.78 is 5.18. The Morgan fingerprint density at radius 2 is 2.09 bits per heavy atom. The van der Waals surface area contributed by atoms with Gasteiger partial charge >= 0.3 is 0 Å². The monoisotopic (exact) mass is 145 g/mol. The van der Waals surface area contributed by atoms with Gasteiger partial charge in [0.1, 0.15) is 6.61 Å². The number of rotatable bonds is 0. The topological polar surface area (TPSA) is 9.23 Å². The average Bonchev–Trinajstić information content (AvgIpc) is 2.06. The fourth-order valence-electron chi connectivity index (χ4n) is 1.25. The first-order valence-electron chi connectivity index (χ1n) is 3.60. The fourth-order valence-corrected chi connectivity index (χ4v) is 1.25. The summed E-state index contributed by atoms with van der Waals surface area (Å²) in [6.45, 7) is 4.55. The molecule has 2 rings (SSSR count). The molecule has 1 aromatic rings. The molecule has 1 heterocycles. The first kappa shape index (κ1) is 6.47. The van der Waals surface area contributed by atoms with Crippen molar-refractivity contribution in [3.05, 3.63) is 48.6 Å². The maximum absolute atomic E-state index is 5.18. The van der Waals surface area contributed by atoms with E-state index < -0.39 is 0 Å². The molecule has 0 saturated carbocycles. The van der Waals surface area contributed by atoms with E-state index in [0.29, 0.717) is 6.61 Å².